The van der Waals surface area contributed by atoms with E-state index in [2.05, 4.69) is 70.3 Å². The topological polar surface area (TPSA) is 12.0 Å². The summed E-state index contributed by atoms with van der Waals surface area (Å²) in [5.41, 5.74) is 2.20. The Morgan fingerprint density at radius 3 is 1.94 bits per heavy atom. The molecule has 0 amide bonds. The average molecular weight is 217 g/mol. The zero-order chi connectivity index (χ0) is 12.0. The lowest BCUT2D eigenvalue weighted by Gasteiger charge is -2.15. The quantitative estimate of drug-likeness (QED) is 0.812. The van der Waals surface area contributed by atoms with Crippen molar-refractivity contribution in [1.29, 1.82) is 0 Å². The van der Waals surface area contributed by atoms with E-state index in [0.29, 0.717) is 22.9 Å². The lowest BCUT2D eigenvalue weighted by Crippen LogP contribution is -2.25. The van der Waals surface area contributed by atoms with Crippen LogP contribution in [0.4, 0.5) is 0 Å². The van der Waals surface area contributed by atoms with Crippen molar-refractivity contribution in [3.8, 4) is 0 Å². The first-order valence-corrected chi connectivity index (χ1v) is 6.18. The Morgan fingerprint density at radius 2 is 1.50 bits per heavy atom. The van der Waals surface area contributed by atoms with Gasteiger partial charge in [-0.2, -0.15) is 0 Å². The molecule has 2 rings (SSSR count). The second-order valence-electron chi connectivity index (χ2n) is 6.18. The van der Waals surface area contributed by atoms with E-state index in [-0.39, 0.29) is 0 Å². The summed E-state index contributed by atoms with van der Waals surface area (Å²) in [6.07, 6.45) is 0. The largest absolute Gasteiger partial charge is 0.306 e. The van der Waals surface area contributed by atoms with E-state index in [4.69, 9.17) is 0 Å². The van der Waals surface area contributed by atoms with Crippen molar-refractivity contribution in [1.82, 2.24) is 5.32 Å². The van der Waals surface area contributed by atoms with Crippen LogP contribution in [0.25, 0.3) is 0 Å². The molecule has 1 aliphatic rings. The molecule has 1 nitrogen and oxygen atoms in total. The zero-order valence-corrected chi connectivity index (χ0v) is 11.0. The molecule has 1 saturated carbocycles. The standard InChI is InChI=1S/C15H23N/c1-11(12-9-7-6-8-10-12)16-13-14(2,3)15(13,4)5/h6-11,13,16H,1-5H3. The van der Waals surface area contributed by atoms with Crippen molar-refractivity contribution < 1.29 is 0 Å². The van der Waals surface area contributed by atoms with Gasteiger partial charge in [0.2, 0.25) is 0 Å². The van der Waals surface area contributed by atoms with E-state index < -0.39 is 0 Å². The number of nitrogens with one attached hydrogen (secondary N) is 1. The fraction of sp³-hybridized carbons (Fsp3) is 0.600. The fourth-order valence-electron chi connectivity index (χ4n) is 2.70. The van der Waals surface area contributed by atoms with Crippen molar-refractivity contribution in [2.24, 2.45) is 10.8 Å². The van der Waals surface area contributed by atoms with Gasteiger partial charge in [0.25, 0.3) is 0 Å². The molecule has 1 aromatic carbocycles. The number of benzene rings is 1. The first-order chi connectivity index (χ1) is 7.37. The molecule has 1 atom stereocenters. The van der Waals surface area contributed by atoms with Crippen LogP contribution in [0.5, 0.6) is 0 Å². The summed E-state index contributed by atoms with van der Waals surface area (Å²) in [5, 5.41) is 3.75. The third-order valence-corrected chi connectivity index (χ3v) is 4.74. The van der Waals surface area contributed by atoms with Crippen LogP contribution < -0.4 is 5.32 Å². The molecule has 1 fully saturated rings. The highest BCUT2D eigenvalue weighted by Crippen LogP contribution is 2.63. The second kappa shape index (κ2) is 3.59. The van der Waals surface area contributed by atoms with Gasteiger partial charge in [-0.3, -0.25) is 0 Å². The van der Waals surface area contributed by atoms with Crippen molar-refractivity contribution in [2.45, 2.75) is 46.7 Å². The maximum atomic E-state index is 3.75. The predicted molar refractivity (Wildman–Crippen MR) is 69.3 cm³/mol. The molecule has 1 unspecified atom stereocenters. The molecular formula is C15H23N. The molecule has 0 spiro atoms. The summed E-state index contributed by atoms with van der Waals surface area (Å²) in [7, 11) is 0. The molecule has 0 bridgehead atoms. The number of rotatable bonds is 3. The molecule has 1 heteroatoms. The van der Waals surface area contributed by atoms with Gasteiger partial charge in [0.05, 0.1) is 0 Å². The Bertz CT molecular complexity index is 350. The monoisotopic (exact) mass is 217 g/mol. The molecule has 1 aliphatic carbocycles. The minimum atomic E-state index is 0.413. The molecule has 0 aromatic heterocycles. The van der Waals surface area contributed by atoms with E-state index in [1.807, 2.05) is 0 Å². The van der Waals surface area contributed by atoms with Crippen LogP contribution in [-0.4, -0.2) is 6.04 Å². The van der Waals surface area contributed by atoms with Gasteiger partial charge in [0, 0.05) is 12.1 Å². The maximum Gasteiger partial charge on any atom is 0.0294 e. The summed E-state index contributed by atoms with van der Waals surface area (Å²) in [6.45, 7) is 11.6. The summed E-state index contributed by atoms with van der Waals surface area (Å²) in [6, 6.07) is 11.7. The van der Waals surface area contributed by atoms with Crippen molar-refractivity contribution in [3.05, 3.63) is 35.9 Å². The van der Waals surface area contributed by atoms with Crippen LogP contribution in [0.3, 0.4) is 0 Å². The molecule has 16 heavy (non-hydrogen) atoms. The van der Waals surface area contributed by atoms with Crippen molar-refractivity contribution in [3.63, 3.8) is 0 Å². The van der Waals surface area contributed by atoms with Gasteiger partial charge in [0.1, 0.15) is 0 Å². The molecule has 0 radical (unpaired) electrons. The van der Waals surface area contributed by atoms with Crippen LogP contribution in [-0.2, 0) is 0 Å². The van der Waals surface area contributed by atoms with Gasteiger partial charge in [-0.15, -0.1) is 0 Å². The Kier molecular flexibility index (Phi) is 2.62. The third kappa shape index (κ3) is 1.67. The lowest BCUT2D eigenvalue weighted by molar-refractivity contribution is 0.457. The molecule has 0 saturated heterocycles. The van der Waals surface area contributed by atoms with Crippen LogP contribution in [0.2, 0.25) is 0 Å². The zero-order valence-electron chi connectivity index (χ0n) is 11.0. The predicted octanol–water partition coefficient (Wildman–Crippen LogP) is 3.77. The summed E-state index contributed by atoms with van der Waals surface area (Å²) >= 11 is 0. The highest BCUT2D eigenvalue weighted by Gasteiger charge is 2.64. The molecule has 88 valence electrons. The summed E-state index contributed by atoms with van der Waals surface area (Å²) < 4.78 is 0. The minimum Gasteiger partial charge on any atom is -0.306 e. The van der Waals surface area contributed by atoms with Gasteiger partial charge in [0.15, 0.2) is 0 Å². The Morgan fingerprint density at radius 1 is 1.00 bits per heavy atom. The molecular weight excluding hydrogens is 194 g/mol. The van der Waals surface area contributed by atoms with Gasteiger partial charge in [-0.05, 0) is 23.3 Å². The second-order valence-corrected chi connectivity index (χ2v) is 6.18. The minimum absolute atomic E-state index is 0.413. The van der Waals surface area contributed by atoms with Gasteiger partial charge in [-0.25, -0.2) is 0 Å². The van der Waals surface area contributed by atoms with E-state index >= 15 is 0 Å². The average Bonchev–Trinajstić information content (AvgIpc) is 2.62. The molecule has 0 aliphatic heterocycles. The summed E-state index contributed by atoms with van der Waals surface area (Å²) in [4.78, 5) is 0. The fourth-order valence-corrected chi connectivity index (χ4v) is 2.70. The smallest absolute Gasteiger partial charge is 0.0294 e. The number of hydrogen-bond donors (Lipinski definition) is 1. The Balaban J connectivity index is 2.03. The van der Waals surface area contributed by atoms with E-state index in [9.17, 15) is 0 Å². The van der Waals surface area contributed by atoms with Gasteiger partial charge in [-0.1, -0.05) is 58.0 Å². The maximum absolute atomic E-state index is 3.75. The van der Waals surface area contributed by atoms with E-state index in [0.717, 1.165) is 0 Å². The SMILES string of the molecule is CC(NC1C(C)(C)C1(C)C)c1ccccc1. The highest BCUT2D eigenvalue weighted by molar-refractivity contribution is 5.23. The first-order valence-electron chi connectivity index (χ1n) is 6.18. The Hall–Kier alpha value is -0.820. The van der Waals surface area contributed by atoms with Crippen LogP contribution in [0, 0.1) is 10.8 Å². The summed E-state index contributed by atoms with van der Waals surface area (Å²) in [5.74, 6) is 0. The molecule has 1 N–H and O–H groups in total. The van der Waals surface area contributed by atoms with E-state index in [1.54, 1.807) is 0 Å². The third-order valence-electron chi connectivity index (χ3n) is 4.74. The lowest BCUT2D eigenvalue weighted by atomic mass is 10.0. The van der Waals surface area contributed by atoms with Crippen LogP contribution in [0.15, 0.2) is 30.3 Å². The van der Waals surface area contributed by atoms with Crippen LogP contribution >= 0.6 is 0 Å². The molecule has 0 heterocycles. The van der Waals surface area contributed by atoms with Crippen molar-refractivity contribution in [2.75, 3.05) is 0 Å². The highest BCUT2D eigenvalue weighted by atomic mass is 15.1. The van der Waals surface area contributed by atoms with Crippen LogP contribution in [0.1, 0.15) is 46.2 Å². The Labute approximate surface area is 99.3 Å². The molecule has 1 aromatic rings. The van der Waals surface area contributed by atoms with Gasteiger partial charge >= 0.3 is 0 Å². The number of hydrogen-bond acceptors (Lipinski definition) is 1. The van der Waals surface area contributed by atoms with E-state index in [1.165, 1.54) is 5.56 Å². The normalized spacial score (nSPS) is 24.1. The van der Waals surface area contributed by atoms with Gasteiger partial charge < -0.3 is 5.32 Å². The van der Waals surface area contributed by atoms with Crippen molar-refractivity contribution >= 4 is 0 Å². The first kappa shape index (κ1) is 11.7.